The van der Waals surface area contributed by atoms with Crippen LogP contribution in [0.15, 0.2) is 66.9 Å². The predicted octanol–water partition coefficient (Wildman–Crippen LogP) is 3.60. The zero-order valence-electron chi connectivity index (χ0n) is 16.4. The first kappa shape index (κ1) is 18.7. The lowest BCUT2D eigenvalue weighted by Gasteiger charge is -2.17. The number of aromatic nitrogens is 1. The van der Waals surface area contributed by atoms with Crippen molar-refractivity contribution in [1.29, 1.82) is 0 Å². The van der Waals surface area contributed by atoms with Gasteiger partial charge in [0.2, 0.25) is 0 Å². The Labute approximate surface area is 169 Å². The molecule has 0 radical (unpaired) electrons. The molecule has 0 unspecified atom stereocenters. The first-order chi connectivity index (χ1) is 14.0. The summed E-state index contributed by atoms with van der Waals surface area (Å²) in [5.74, 6) is -0.471. The van der Waals surface area contributed by atoms with E-state index in [0.717, 1.165) is 23.4 Å². The zero-order chi connectivity index (χ0) is 20.4. The van der Waals surface area contributed by atoms with E-state index >= 15 is 0 Å². The van der Waals surface area contributed by atoms with E-state index in [9.17, 15) is 9.59 Å². The van der Waals surface area contributed by atoms with Gasteiger partial charge in [0.1, 0.15) is 5.69 Å². The monoisotopic (exact) mass is 386 g/mol. The number of amides is 2. The molecule has 3 aromatic rings. The van der Waals surface area contributed by atoms with E-state index in [1.54, 1.807) is 17.0 Å². The highest BCUT2D eigenvalue weighted by Gasteiger charge is 2.26. The third kappa shape index (κ3) is 3.82. The number of nitrogens with zero attached hydrogens (tertiary/aromatic N) is 3. The molecule has 1 aliphatic heterocycles. The van der Waals surface area contributed by atoms with Crippen molar-refractivity contribution in [2.24, 2.45) is 0 Å². The van der Waals surface area contributed by atoms with Gasteiger partial charge in [-0.2, -0.15) is 0 Å². The molecule has 146 valence electrons. The summed E-state index contributed by atoms with van der Waals surface area (Å²) in [7, 11) is 3.92. The number of hydrogen-bond acceptors (Lipinski definition) is 4. The van der Waals surface area contributed by atoms with Crippen LogP contribution in [0, 0.1) is 0 Å². The van der Waals surface area contributed by atoms with E-state index in [1.165, 1.54) is 6.20 Å². The quantitative estimate of drug-likeness (QED) is 0.744. The highest BCUT2D eigenvalue weighted by molar-refractivity contribution is 6.09. The molecule has 6 nitrogen and oxygen atoms in total. The fourth-order valence-corrected chi connectivity index (χ4v) is 3.42. The molecule has 2 amide bonds. The van der Waals surface area contributed by atoms with Gasteiger partial charge in [0.15, 0.2) is 0 Å². The molecular weight excluding hydrogens is 364 g/mol. The average molecular weight is 386 g/mol. The maximum Gasteiger partial charge on any atom is 0.276 e. The number of fused-ring (bicyclic) bond motifs is 1. The molecule has 0 atom stereocenters. The number of carbonyl (C=O) groups is 2. The van der Waals surface area contributed by atoms with Gasteiger partial charge in [0, 0.05) is 49.5 Å². The summed E-state index contributed by atoms with van der Waals surface area (Å²) in [5.41, 5.74) is 4.46. The van der Waals surface area contributed by atoms with Crippen molar-refractivity contribution in [1.82, 2.24) is 4.98 Å². The molecule has 29 heavy (non-hydrogen) atoms. The molecule has 0 saturated heterocycles. The van der Waals surface area contributed by atoms with Gasteiger partial charge in [-0.25, -0.2) is 0 Å². The van der Waals surface area contributed by atoms with Crippen LogP contribution in [-0.2, 0) is 6.42 Å². The van der Waals surface area contributed by atoms with E-state index < -0.39 is 0 Å². The van der Waals surface area contributed by atoms with Crippen LogP contribution in [0.25, 0.3) is 0 Å². The Bertz CT molecular complexity index is 1060. The van der Waals surface area contributed by atoms with Crippen molar-refractivity contribution in [3.63, 3.8) is 0 Å². The van der Waals surface area contributed by atoms with Crippen LogP contribution in [0.4, 0.5) is 17.1 Å². The largest absolute Gasteiger partial charge is 0.378 e. The summed E-state index contributed by atoms with van der Waals surface area (Å²) in [6, 6.07) is 18.6. The molecule has 0 aliphatic carbocycles. The van der Waals surface area contributed by atoms with Gasteiger partial charge in [-0.15, -0.1) is 0 Å². The molecule has 0 spiro atoms. The molecule has 0 fully saturated rings. The van der Waals surface area contributed by atoms with Gasteiger partial charge in [-0.3, -0.25) is 14.6 Å². The summed E-state index contributed by atoms with van der Waals surface area (Å²) in [5, 5.41) is 2.87. The molecule has 1 aromatic heterocycles. The van der Waals surface area contributed by atoms with Crippen LogP contribution < -0.4 is 15.1 Å². The highest BCUT2D eigenvalue weighted by atomic mass is 16.2. The Hall–Kier alpha value is -3.67. The SMILES string of the molecule is CN(C)c1ccc(NC(=O)c2ccnc(C(=O)N3CCc4ccccc43)c2)cc1. The van der Waals surface area contributed by atoms with Gasteiger partial charge < -0.3 is 15.1 Å². The topological polar surface area (TPSA) is 65.5 Å². The minimum atomic E-state index is -0.277. The van der Waals surface area contributed by atoms with Gasteiger partial charge >= 0.3 is 0 Å². The Morgan fingerprint density at radius 3 is 2.55 bits per heavy atom. The molecule has 0 bridgehead atoms. The van der Waals surface area contributed by atoms with Gasteiger partial charge in [-0.05, 0) is 54.4 Å². The lowest BCUT2D eigenvalue weighted by Crippen LogP contribution is -2.30. The molecule has 4 rings (SSSR count). The summed E-state index contributed by atoms with van der Waals surface area (Å²) < 4.78 is 0. The molecule has 6 heteroatoms. The lowest BCUT2D eigenvalue weighted by atomic mass is 10.1. The molecule has 2 aromatic carbocycles. The summed E-state index contributed by atoms with van der Waals surface area (Å²) in [6.45, 7) is 0.620. The van der Waals surface area contributed by atoms with Crippen molar-refractivity contribution >= 4 is 28.9 Å². The first-order valence-corrected chi connectivity index (χ1v) is 9.47. The number of nitrogens with one attached hydrogen (secondary N) is 1. The Kier molecular flexibility index (Phi) is 4.99. The van der Waals surface area contributed by atoms with Gasteiger partial charge in [0.25, 0.3) is 11.8 Å². The van der Waals surface area contributed by atoms with Crippen molar-refractivity contribution in [3.8, 4) is 0 Å². The number of hydrogen-bond donors (Lipinski definition) is 1. The van der Waals surface area contributed by atoms with Crippen LogP contribution >= 0.6 is 0 Å². The minimum absolute atomic E-state index is 0.195. The fourth-order valence-electron chi connectivity index (χ4n) is 3.42. The van der Waals surface area contributed by atoms with E-state index in [1.807, 2.05) is 67.5 Å². The van der Waals surface area contributed by atoms with Gasteiger partial charge in [-0.1, -0.05) is 18.2 Å². The van der Waals surface area contributed by atoms with Crippen LogP contribution in [0.1, 0.15) is 26.4 Å². The van der Waals surface area contributed by atoms with Crippen molar-refractivity contribution in [2.75, 3.05) is 35.8 Å². The predicted molar refractivity (Wildman–Crippen MR) is 115 cm³/mol. The Morgan fingerprint density at radius 1 is 1.03 bits per heavy atom. The maximum atomic E-state index is 13.0. The minimum Gasteiger partial charge on any atom is -0.378 e. The van der Waals surface area contributed by atoms with Crippen LogP contribution in [0.3, 0.4) is 0 Å². The van der Waals surface area contributed by atoms with Gasteiger partial charge in [0.05, 0.1) is 0 Å². The van der Waals surface area contributed by atoms with Crippen molar-refractivity contribution < 1.29 is 9.59 Å². The highest BCUT2D eigenvalue weighted by Crippen LogP contribution is 2.28. The number of benzene rings is 2. The van der Waals surface area contributed by atoms with Crippen molar-refractivity contribution in [3.05, 3.63) is 83.7 Å². The second-order valence-electron chi connectivity index (χ2n) is 7.16. The molecule has 1 aliphatic rings. The van der Waals surface area contributed by atoms with E-state index in [4.69, 9.17) is 0 Å². The third-order valence-corrected chi connectivity index (χ3v) is 5.02. The standard InChI is InChI=1S/C23H22N4O2/c1-26(2)19-9-7-18(8-10-19)25-22(28)17-11-13-24-20(15-17)23(29)27-14-12-16-5-3-4-6-21(16)27/h3-11,13,15H,12,14H2,1-2H3,(H,25,28). The number of pyridine rings is 1. The van der Waals surface area contributed by atoms with Crippen LogP contribution in [0.5, 0.6) is 0 Å². The maximum absolute atomic E-state index is 13.0. The van der Waals surface area contributed by atoms with E-state index in [0.29, 0.717) is 17.8 Å². The molecular formula is C23H22N4O2. The number of rotatable bonds is 4. The lowest BCUT2D eigenvalue weighted by molar-refractivity contribution is 0.0984. The number of para-hydroxylation sites is 1. The van der Waals surface area contributed by atoms with Crippen LogP contribution in [-0.4, -0.2) is 37.4 Å². The molecule has 2 heterocycles. The number of anilines is 3. The third-order valence-electron chi connectivity index (χ3n) is 5.02. The first-order valence-electron chi connectivity index (χ1n) is 9.47. The summed E-state index contributed by atoms with van der Waals surface area (Å²) >= 11 is 0. The summed E-state index contributed by atoms with van der Waals surface area (Å²) in [6.07, 6.45) is 2.32. The summed E-state index contributed by atoms with van der Waals surface area (Å²) in [4.78, 5) is 33.5. The molecule has 1 N–H and O–H groups in total. The second kappa shape index (κ2) is 7.75. The van der Waals surface area contributed by atoms with E-state index in [-0.39, 0.29) is 17.5 Å². The fraction of sp³-hybridized carbons (Fsp3) is 0.174. The average Bonchev–Trinajstić information content (AvgIpc) is 3.18. The van der Waals surface area contributed by atoms with Crippen molar-refractivity contribution in [2.45, 2.75) is 6.42 Å². The van der Waals surface area contributed by atoms with E-state index in [2.05, 4.69) is 10.3 Å². The number of carbonyl (C=O) groups excluding carboxylic acids is 2. The Balaban J connectivity index is 1.51. The molecule has 0 saturated carbocycles. The second-order valence-corrected chi connectivity index (χ2v) is 7.16. The zero-order valence-corrected chi connectivity index (χ0v) is 16.4. The smallest absolute Gasteiger partial charge is 0.276 e. The Morgan fingerprint density at radius 2 is 1.79 bits per heavy atom. The van der Waals surface area contributed by atoms with Crippen LogP contribution in [0.2, 0.25) is 0 Å². The normalized spacial score (nSPS) is 12.4.